The van der Waals surface area contributed by atoms with Crippen LogP contribution in [0, 0.1) is 0 Å². The molecule has 0 aliphatic carbocycles. The molecule has 0 saturated heterocycles. The first-order valence-corrected chi connectivity index (χ1v) is 2.58. The molecule has 10 heavy (non-hydrogen) atoms. The van der Waals surface area contributed by atoms with Crippen molar-refractivity contribution in [1.29, 1.82) is 0 Å². The van der Waals surface area contributed by atoms with Crippen LogP contribution in [0.2, 0.25) is 0 Å². The summed E-state index contributed by atoms with van der Waals surface area (Å²) in [5.41, 5.74) is 10.5. The summed E-state index contributed by atoms with van der Waals surface area (Å²) in [5.74, 6) is -1.79. The smallest absolute Gasteiger partial charge is 0.324 e. The lowest BCUT2D eigenvalue weighted by atomic mass is 10.3. The Balaban J connectivity index is 2.83. The minimum absolute atomic E-state index is 0.339. The first-order valence-electron chi connectivity index (χ1n) is 2.58. The van der Waals surface area contributed by atoms with Crippen molar-refractivity contribution in [1.82, 2.24) is 10.6 Å². The van der Waals surface area contributed by atoms with Gasteiger partial charge in [-0.2, -0.15) is 0 Å². The molecule has 1 aliphatic heterocycles. The number of nitrogens with one attached hydrogen (secondary N) is 2. The van der Waals surface area contributed by atoms with Gasteiger partial charge in [0.15, 0.2) is 11.7 Å². The Bertz CT molecular complexity index is 197. The van der Waals surface area contributed by atoms with E-state index in [2.05, 4.69) is 5.32 Å². The molecule has 0 fully saturated rings. The van der Waals surface area contributed by atoms with E-state index in [0.29, 0.717) is 0 Å². The highest BCUT2D eigenvalue weighted by atomic mass is 16.3. The molecule has 1 heterocycles. The van der Waals surface area contributed by atoms with Crippen molar-refractivity contribution < 1.29 is 9.90 Å². The molecule has 0 saturated carbocycles. The average Bonchev–Trinajstić information content (AvgIpc) is 1.54. The minimum Gasteiger partial charge on any atom is -0.495 e. The standard InChI is InChI=1S/C4H8N4O2/c5-4(6)1-2(9)7-3(10)8-4/h1,9H,5-6H2,(H2,7,8,10). The van der Waals surface area contributed by atoms with Gasteiger partial charge in [-0.05, 0) is 0 Å². The summed E-state index contributed by atoms with van der Waals surface area (Å²) in [4.78, 5) is 10.5. The number of aliphatic hydroxyl groups excluding tert-OH is 1. The van der Waals surface area contributed by atoms with Crippen LogP contribution < -0.4 is 22.1 Å². The third-order valence-electron chi connectivity index (χ3n) is 0.947. The fourth-order valence-electron chi connectivity index (χ4n) is 0.643. The molecule has 0 radical (unpaired) electrons. The van der Waals surface area contributed by atoms with Gasteiger partial charge in [0.2, 0.25) is 0 Å². The molecule has 6 heteroatoms. The molecule has 0 atom stereocenters. The van der Waals surface area contributed by atoms with E-state index >= 15 is 0 Å². The van der Waals surface area contributed by atoms with Crippen LogP contribution in [-0.2, 0) is 0 Å². The average molecular weight is 144 g/mol. The first kappa shape index (κ1) is 6.84. The molecule has 6 nitrogen and oxygen atoms in total. The summed E-state index contributed by atoms with van der Waals surface area (Å²) >= 11 is 0. The molecule has 0 bridgehead atoms. The normalized spacial score (nSPS) is 22.6. The zero-order valence-electron chi connectivity index (χ0n) is 5.09. The van der Waals surface area contributed by atoms with Crippen LogP contribution in [0.5, 0.6) is 0 Å². The Kier molecular flexibility index (Phi) is 1.27. The fourth-order valence-corrected chi connectivity index (χ4v) is 0.643. The second kappa shape index (κ2) is 1.86. The number of rotatable bonds is 0. The number of hydrogen-bond donors (Lipinski definition) is 5. The van der Waals surface area contributed by atoms with E-state index in [1.807, 2.05) is 5.32 Å². The van der Waals surface area contributed by atoms with Crippen LogP contribution >= 0.6 is 0 Å². The van der Waals surface area contributed by atoms with Crippen LogP contribution in [0.4, 0.5) is 4.79 Å². The molecule has 7 N–H and O–H groups in total. The first-order chi connectivity index (χ1) is 4.49. The van der Waals surface area contributed by atoms with Crippen LogP contribution in [0.3, 0.4) is 0 Å². The van der Waals surface area contributed by atoms with Gasteiger partial charge < -0.3 is 10.4 Å². The second-order valence-corrected chi connectivity index (χ2v) is 2.04. The van der Waals surface area contributed by atoms with Crippen molar-refractivity contribution in [3.63, 3.8) is 0 Å². The maximum Gasteiger partial charge on any atom is 0.324 e. The molecule has 1 rings (SSSR count). The lowest BCUT2D eigenvalue weighted by Gasteiger charge is -2.26. The van der Waals surface area contributed by atoms with Crippen molar-refractivity contribution in [2.75, 3.05) is 0 Å². The van der Waals surface area contributed by atoms with Gasteiger partial charge >= 0.3 is 6.03 Å². The number of carbonyl (C=O) groups excluding carboxylic acids is 1. The molecule has 0 aromatic carbocycles. The van der Waals surface area contributed by atoms with Crippen LogP contribution in [-0.4, -0.2) is 16.9 Å². The zero-order chi connectivity index (χ0) is 7.78. The number of nitrogens with two attached hydrogens (primary N) is 2. The van der Waals surface area contributed by atoms with E-state index in [1.165, 1.54) is 0 Å². The zero-order valence-corrected chi connectivity index (χ0v) is 5.09. The van der Waals surface area contributed by atoms with Crippen LogP contribution in [0.25, 0.3) is 0 Å². The molecule has 0 aromatic rings. The van der Waals surface area contributed by atoms with E-state index in [1.54, 1.807) is 0 Å². The van der Waals surface area contributed by atoms with Gasteiger partial charge in [0.1, 0.15) is 0 Å². The Morgan fingerprint density at radius 2 is 2.20 bits per heavy atom. The van der Waals surface area contributed by atoms with Crippen molar-refractivity contribution in [2.45, 2.75) is 5.79 Å². The number of amides is 2. The van der Waals surface area contributed by atoms with Crippen LogP contribution in [0.15, 0.2) is 12.0 Å². The van der Waals surface area contributed by atoms with Gasteiger partial charge in [0.25, 0.3) is 0 Å². The van der Waals surface area contributed by atoms with E-state index in [4.69, 9.17) is 16.6 Å². The number of carbonyl (C=O) groups is 1. The Morgan fingerprint density at radius 3 is 2.60 bits per heavy atom. The van der Waals surface area contributed by atoms with Gasteiger partial charge in [0.05, 0.1) is 0 Å². The molecule has 0 unspecified atom stereocenters. The van der Waals surface area contributed by atoms with Crippen LogP contribution in [0.1, 0.15) is 0 Å². The fraction of sp³-hybridized carbons (Fsp3) is 0.250. The van der Waals surface area contributed by atoms with Gasteiger partial charge in [-0.25, -0.2) is 4.79 Å². The van der Waals surface area contributed by atoms with E-state index < -0.39 is 11.8 Å². The van der Waals surface area contributed by atoms with Crippen molar-refractivity contribution in [2.24, 2.45) is 11.5 Å². The molecular weight excluding hydrogens is 136 g/mol. The third kappa shape index (κ3) is 1.36. The van der Waals surface area contributed by atoms with Gasteiger partial charge in [0, 0.05) is 6.08 Å². The highest BCUT2D eigenvalue weighted by Gasteiger charge is 2.24. The van der Waals surface area contributed by atoms with E-state index in [-0.39, 0.29) is 5.88 Å². The van der Waals surface area contributed by atoms with Gasteiger partial charge in [-0.15, -0.1) is 0 Å². The number of aliphatic hydroxyl groups is 1. The second-order valence-electron chi connectivity index (χ2n) is 2.04. The lowest BCUT2D eigenvalue weighted by Crippen LogP contribution is -2.66. The quantitative estimate of drug-likeness (QED) is 0.260. The summed E-state index contributed by atoms with van der Waals surface area (Å²) in [6.07, 6.45) is 1.09. The minimum atomic E-state index is -1.45. The van der Waals surface area contributed by atoms with Crippen molar-refractivity contribution in [3.05, 3.63) is 12.0 Å². The molecule has 1 aliphatic rings. The molecular formula is C4H8N4O2. The summed E-state index contributed by atoms with van der Waals surface area (Å²) in [6.45, 7) is 0. The maximum absolute atomic E-state index is 10.5. The molecule has 0 spiro atoms. The monoisotopic (exact) mass is 144 g/mol. The Morgan fingerprint density at radius 1 is 1.60 bits per heavy atom. The van der Waals surface area contributed by atoms with Gasteiger partial charge in [-0.1, -0.05) is 0 Å². The summed E-state index contributed by atoms with van der Waals surface area (Å²) in [7, 11) is 0. The summed E-state index contributed by atoms with van der Waals surface area (Å²) in [5, 5.41) is 12.9. The van der Waals surface area contributed by atoms with Crippen molar-refractivity contribution >= 4 is 6.03 Å². The molecule has 56 valence electrons. The Hall–Kier alpha value is -1.27. The predicted octanol–water partition coefficient (Wildman–Crippen LogP) is -1.73. The molecule has 2 amide bonds. The lowest BCUT2D eigenvalue weighted by molar-refractivity contribution is 0.219. The SMILES string of the molecule is NC1(N)C=C(O)NC(=O)N1. The Labute approximate surface area is 56.9 Å². The van der Waals surface area contributed by atoms with E-state index in [9.17, 15) is 4.79 Å². The maximum atomic E-state index is 10.5. The largest absolute Gasteiger partial charge is 0.495 e. The summed E-state index contributed by atoms with van der Waals surface area (Å²) < 4.78 is 0. The highest BCUT2D eigenvalue weighted by molar-refractivity contribution is 5.77. The number of urea groups is 1. The number of hydrogen-bond acceptors (Lipinski definition) is 4. The predicted molar refractivity (Wildman–Crippen MR) is 33.5 cm³/mol. The van der Waals surface area contributed by atoms with Crippen molar-refractivity contribution in [3.8, 4) is 0 Å². The third-order valence-corrected chi connectivity index (χ3v) is 0.947. The summed E-state index contributed by atoms with van der Waals surface area (Å²) in [6, 6.07) is -0.620. The van der Waals surface area contributed by atoms with E-state index in [0.717, 1.165) is 6.08 Å². The van der Waals surface area contributed by atoms with Gasteiger partial charge in [-0.3, -0.25) is 16.8 Å². The highest BCUT2D eigenvalue weighted by Crippen LogP contribution is 1.97. The molecule has 0 aromatic heterocycles. The topological polar surface area (TPSA) is 113 Å².